The van der Waals surface area contributed by atoms with Crippen molar-refractivity contribution in [1.82, 2.24) is 0 Å². The number of hydrogen-bond acceptors (Lipinski definition) is 5. The van der Waals surface area contributed by atoms with Crippen molar-refractivity contribution in [3.63, 3.8) is 0 Å². The predicted molar refractivity (Wildman–Crippen MR) is 53.2 cm³/mol. The molecule has 0 aromatic rings. The summed E-state index contributed by atoms with van der Waals surface area (Å²) in [5.41, 5.74) is 0. The van der Waals surface area contributed by atoms with Crippen LogP contribution in [0, 0.1) is 0 Å². The van der Waals surface area contributed by atoms with Crippen molar-refractivity contribution in [2.24, 2.45) is 0 Å². The van der Waals surface area contributed by atoms with E-state index in [4.69, 9.17) is 18.8 Å². The maximum absolute atomic E-state index is 9.30. The summed E-state index contributed by atoms with van der Waals surface area (Å²) < 4.78 is 21.1. The van der Waals surface area contributed by atoms with Crippen LogP contribution in [0.2, 0.25) is 0 Å². The minimum atomic E-state index is -1.12. The van der Waals surface area contributed by atoms with Gasteiger partial charge in [0.2, 0.25) is 0 Å². The van der Waals surface area contributed by atoms with E-state index in [1.165, 1.54) is 0 Å². The zero-order valence-corrected chi connectivity index (χ0v) is 9.09. The van der Waals surface area contributed by atoms with Gasteiger partial charge in [0.25, 0.3) is 0 Å². The lowest BCUT2D eigenvalue weighted by Crippen LogP contribution is -2.45. The summed E-state index contributed by atoms with van der Waals surface area (Å²) in [6.07, 6.45) is 1.64. The lowest BCUT2D eigenvalue weighted by atomic mass is 9.98. The highest BCUT2D eigenvalue weighted by Gasteiger charge is 2.40. The van der Waals surface area contributed by atoms with Crippen LogP contribution in [0.4, 0.5) is 0 Å². The molecule has 6 heteroatoms. The molecule has 0 aromatic carbocycles. The maximum Gasteiger partial charge on any atom is 0.637 e. The molecule has 86 valence electrons. The highest BCUT2D eigenvalue weighted by atomic mass is 16.7. The summed E-state index contributed by atoms with van der Waals surface area (Å²) in [4.78, 5) is 0. The topological polar surface area (TPSA) is 57.2 Å². The van der Waals surface area contributed by atoms with Crippen LogP contribution in [0.25, 0.3) is 0 Å². The minimum Gasteiger partial charge on any atom is -0.402 e. The van der Waals surface area contributed by atoms with E-state index in [0.717, 1.165) is 12.8 Å². The second-order valence-electron chi connectivity index (χ2n) is 4.13. The molecule has 0 aromatic heterocycles. The van der Waals surface area contributed by atoms with Crippen LogP contribution < -0.4 is 0 Å². The zero-order valence-electron chi connectivity index (χ0n) is 9.09. The highest BCUT2D eigenvalue weighted by molar-refractivity contribution is 6.34. The Hall–Kier alpha value is -0.135. The Labute approximate surface area is 89.8 Å². The summed E-state index contributed by atoms with van der Waals surface area (Å²) in [7, 11) is 0.558. The molecule has 2 heterocycles. The molecule has 2 rings (SSSR count). The normalized spacial score (nSPS) is 42.2. The molecule has 5 nitrogen and oxygen atoms in total. The maximum atomic E-state index is 9.30. The molecule has 0 saturated carbocycles. The van der Waals surface area contributed by atoms with Crippen LogP contribution in [0.1, 0.15) is 19.8 Å². The standard InChI is InChI=1S/C9H17BO5/c1-6-3-9(15-10(11)14-6)8-4-7(12-2)5-13-8/h6-9,11H,3-5H2,1-2H3. The van der Waals surface area contributed by atoms with E-state index in [0.29, 0.717) is 6.61 Å². The number of methoxy groups -OCH3 is 1. The Bertz CT molecular complexity index is 205. The third kappa shape index (κ3) is 2.70. The molecule has 2 saturated heterocycles. The van der Waals surface area contributed by atoms with Crippen molar-refractivity contribution < 1.29 is 23.8 Å². The van der Waals surface area contributed by atoms with Gasteiger partial charge in [-0.25, -0.2) is 0 Å². The van der Waals surface area contributed by atoms with Crippen LogP contribution in [0.5, 0.6) is 0 Å². The van der Waals surface area contributed by atoms with Gasteiger partial charge in [-0.3, -0.25) is 0 Å². The van der Waals surface area contributed by atoms with Crippen molar-refractivity contribution in [3.05, 3.63) is 0 Å². The van der Waals surface area contributed by atoms with Gasteiger partial charge in [-0.15, -0.1) is 0 Å². The monoisotopic (exact) mass is 216 g/mol. The first-order chi connectivity index (χ1) is 7.19. The van der Waals surface area contributed by atoms with E-state index >= 15 is 0 Å². The molecule has 0 spiro atoms. The molecule has 0 amide bonds. The lowest BCUT2D eigenvalue weighted by molar-refractivity contribution is -0.0716. The van der Waals surface area contributed by atoms with Gasteiger partial charge in [0, 0.05) is 19.6 Å². The molecular weight excluding hydrogens is 199 g/mol. The molecule has 0 bridgehead atoms. The van der Waals surface area contributed by atoms with E-state index in [1.807, 2.05) is 6.92 Å². The molecule has 15 heavy (non-hydrogen) atoms. The molecule has 0 aliphatic carbocycles. The van der Waals surface area contributed by atoms with Gasteiger partial charge in [0.1, 0.15) is 0 Å². The first-order valence-electron chi connectivity index (χ1n) is 5.32. The molecule has 2 fully saturated rings. The molecule has 2 aliphatic heterocycles. The summed E-state index contributed by atoms with van der Waals surface area (Å²) in [6.45, 7) is 2.52. The van der Waals surface area contributed by atoms with Crippen LogP contribution in [0.15, 0.2) is 0 Å². The van der Waals surface area contributed by atoms with Crippen LogP contribution in [-0.2, 0) is 18.8 Å². The fourth-order valence-corrected chi connectivity index (χ4v) is 2.11. The van der Waals surface area contributed by atoms with Crippen molar-refractivity contribution in [3.8, 4) is 0 Å². The Kier molecular flexibility index (Phi) is 3.63. The molecule has 1 N–H and O–H groups in total. The Morgan fingerprint density at radius 1 is 1.27 bits per heavy atom. The average molecular weight is 216 g/mol. The lowest BCUT2D eigenvalue weighted by Gasteiger charge is -2.32. The first-order valence-corrected chi connectivity index (χ1v) is 5.32. The van der Waals surface area contributed by atoms with Gasteiger partial charge in [0.15, 0.2) is 0 Å². The van der Waals surface area contributed by atoms with Gasteiger partial charge < -0.3 is 23.8 Å². The van der Waals surface area contributed by atoms with Gasteiger partial charge in [-0.05, 0) is 13.3 Å². The van der Waals surface area contributed by atoms with Crippen molar-refractivity contribution in [2.75, 3.05) is 13.7 Å². The number of ether oxygens (including phenoxy) is 2. The second-order valence-corrected chi connectivity index (χ2v) is 4.13. The molecule has 4 unspecified atom stereocenters. The first kappa shape index (κ1) is 11.4. The van der Waals surface area contributed by atoms with E-state index in [-0.39, 0.29) is 24.4 Å². The van der Waals surface area contributed by atoms with Gasteiger partial charge >= 0.3 is 7.32 Å². The summed E-state index contributed by atoms with van der Waals surface area (Å²) >= 11 is 0. The van der Waals surface area contributed by atoms with Crippen LogP contribution >= 0.6 is 0 Å². The van der Waals surface area contributed by atoms with E-state index in [1.54, 1.807) is 7.11 Å². The third-order valence-electron chi connectivity index (χ3n) is 2.94. The van der Waals surface area contributed by atoms with Crippen molar-refractivity contribution in [1.29, 1.82) is 0 Å². The summed E-state index contributed by atoms with van der Waals surface area (Å²) in [6, 6.07) is 0. The second kappa shape index (κ2) is 4.80. The van der Waals surface area contributed by atoms with Gasteiger partial charge in [0.05, 0.1) is 24.9 Å². The van der Waals surface area contributed by atoms with Crippen LogP contribution in [-0.4, -0.2) is 50.5 Å². The largest absolute Gasteiger partial charge is 0.637 e. The average Bonchev–Trinajstić information content (AvgIpc) is 2.64. The fraction of sp³-hybridized carbons (Fsp3) is 1.00. The quantitative estimate of drug-likeness (QED) is 0.656. The number of rotatable bonds is 2. The molecule has 0 radical (unpaired) electrons. The Morgan fingerprint density at radius 2 is 2.07 bits per heavy atom. The van der Waals surface area contributed by atoms with E-state index in [9.17, 15) is 5.02 Å². The predicted octanol–water partition coefficient (Wildman–Crippen LogP) is -0.0385. The van der Waals surface area contributed by atoms with Gasteiger partial charge in [-0.2, -0.15) is 0 Å². The van der Waals surface area contributed by atoms with Crippen molar-refractivity contribution >= 4 is 7.32 Å². The van der Waals surface area contributed by atoms with Gasteiger partial charge in [-0.1, -0.05) is 0 Å². The summed E-state index contributed by atoms with van der Waals surface area (Å²) in [5.74, 6) is 0. The highest BCUT2D eigenvalue weighted by Crippen LogP contribution is 2.26. The van der Waals surface area contributed by atoms with E-state index < -0.39 is 7.32 Å². The van der Waals surface area contributed by atoms with E-state index in [2.05, 4.69) is 0 Å². The molecule has 4 atom stereocenters. The fourth-order valence-electron chi connectivity index (χ4n) is 2.11. The Balaban J connectivity index is 1.88. The Morgan fingerprint density at radius 3 is 2.67 bits per heavy atom. The SMILES string of the molecule is COC1COC(C2CC(C)OB(O)O2)C1. The van der Waals surface area contributed by atoms with Crippen molar-refractivity contribution in [2.45, 2.75) is 44.2 Å². The molecule has 2 aliphatic rings. The zero-order chi connectivity index (χ0) is 10.8. The smallest absolute Gasteiger partial charge is 0.402 e. The van der Waals surface area contributed by atoms with Crippen LogP contribution in [0.3, 0.4) is 0 Å². The minimum absolute atomic E-state index is 0.00365. The molecular formula is C9H17BO5. The number of hydrogen-bond donors (Lipinski definition) is 1. The summed E-state index contributed by atoms with van der Waals surface area (Å²) in [5, 5.41) is 9.30. The third-order valence-corrected chi connectivity index (χ3v) is 2.94.